The van der Waals surface area contributed by atoms with Crippen molar-refractivity contribution >= 4 is 43.5 Å². The molecule has 0 saturated heterocycles. The van der Waals surface area contributed by atoms with E-state index in [0.29, 0.717) is 0 Å². The van der Waals surface area contributed by atoms with Gasteiger partial charge in [-0.1, -0.05) is 84.9 Å². The maximum absolute atomic E-state index is 5.09. The van der Waals surface area contributed by atoms with E-state index in [1.54, 1.807) is 0 Å². The highest BCUT2D eigenvalue weighted by Gasteiger charge is 2.18. The van der Waals surface area contributed by atoms with E-state index >= 15 is 0 Å². The Hall–Kier alpha value is -5.28. The number of rotatable bonds is 3. The zero-order chi connectivity index (χ0) is 25.8. The Morgan fingerprint density at radius 1 is 0.513 bits per heavy atom. The van der Waals surface area contributed by atoms with Crippen molar-refractivity contribution in [1.29, 1.82) is 0 Å². The third-order valence-electron chi connectivity index (χ3n) is 7.62. The fourth-order valence-corrected chi connectivity index (χ4v) is 5.87. The molecule has 0 bridgehead atoms. The van der Waals surface area contributed by atoms with E-state index in [1.165, 1.54) is 27.1 Å². The van der Waals surface area contributed by atoms with Crippen LogP contribution in [-0.2, 0) is 0 Å². The first-order chi connectivity index (χ1) is 19.3. The maximum atomic E-state index is 5.09. The summed E-state index contributed by atoms with van der Waals surface area (Å²) in [4.78, 5) is 9.69. The minimum atomic E-state index is 0.964. The summed E-state index contributed by atoms with van der Waals surface area (Å²) in [5.74, 6) is 0. The van der Waals surface area contributed by atoms with Gasteiger partial charge < -0.3 is 4.57 Å². The standard InChI is InChI=1S/C36H23N3/c1-5-17-32-24(10-1)19-20-33(38-32)30-23-35-36(28-14-3-2-13-27(28)30)29-15-4-6-18-34(29)39(35)26-12-9-11-25(22-26)31-16-7-8-21-37-31/h1-23H. The van der Waals surface area contributed by atoms with Gasteiger partial charge in [0.25, 0.3) is 0 Å². The quantitative estimate of drug-likeness (QED) is 0.244. The van der Waals surface area contributed by atoms with Crippen molar-refractivity contribution in [3.8, 4) is 28.2 Å². The van der Waals surface area contributed by atoms with Crippen LogP contribution in [0.3, 0.4) is 0 Å². The Morgan fingerprint density at radius 2 is 1.31 bits per heavy atom. The highest BCUT2D eigenvalue weighted by atomic mass is 15.0. The largest absolute Gasteiger partial charge is 0.309 e. The van der Waals surface area contributed by atoms with Crippen LogP contribution in [0.1, 0.15) is 0 Å². The Balaban J connectivity index is 1.48. The molecule has 3 heterocycles. The highest BCUT2D eigenvalue weighted by Crippen LogP contribution is 2.41. The number of benzene rings is 5. The van der Waals surface area contributed by atoms with Crippen LogP contribution < -0.4 is 0 Å². The Morgan fingerprint density at radius 3 is 2.21 bits per heavy atom. The van der Waals surface area contributed by atoms with E-state index in [4.69, 9.17) is 4.98 Å². The lowest BCUT2D eigenvalue weighted by atomic mass is 9.97. The average molecular weight is 498 g/mol. The molecule has 39 heavy (non-hydrogen) atoms. The molecule has 182 valence electrons. The summed E-state index contributed by atoms with van der Waals surface area (Å²) in [7, 11) is 0. The van der Waals surface area contributed by atoms with E-state index in [9.17, 15) is 0 Å². The van der Waals surface area contributed by atoms with E-state index in [-0.39, 0.29) is 0 Å². The second-order valence-corrected chi connectivity index (χ2v) is 9.87. The number of fused-ring (bicyclic) bond motifs is 6. The van der Waals surface area contributed by atoms with Crippen LogP contribution in [0.15, 0.2) is 140 Å². The molecule has 3 heteroatoms. The van der Waals surface area contributed by atoms with Crippen molar-refractivity contribution < 1.29 is 0 Å². The number of hydrogen-bond donors (Lipinski definition) is 0. The van der Waals surface area contributed by atoms with Crippen LogP contribution in [0.25, 0.3) is 71.7 Å². The molecule has 0 aliphatic rings. The van der Waals surface area contributed by atoms with Crippen molar-refractivity contribution in [1.82, 2.24) is 14.5 Å². The lowest BCUT2D eigenvalue weighted by Crippen LogP contribution is -1.96. The molecule has 0 N–H and O–H groups in total. The van der Waals surface area contributed by atoms with Crippen LogP contribution in [-0.4, -0.2) is 14.5 Å². The van der Waals surface area contributed by atoms with Gasteiger partial charge in [-0.3, -0.25) is 4.98 Å². The molecule has 0 aliphatic carbocycles. The molecular formula is C36H23N3. The number of aromatic nitrogens is 3. The lowest BCUT2D eigenvalue weighted by Gasteiger charge is -2.13. The van der Waals surface area contributed by atoms with Crippen molar-refractivity contribution in [2.75, 3.05) is 0 Å². The molecule has 8 rings (SSSR count). The molecule has 8 aromatic rings. The zero-order valence-corrected chi connectivity index (χ0v) is 21.1. The summed E-state index contributed by atoms with van der Waals surface area (Å²) in [6.45, 7) is 0. The van der Waals surface area contributed by atoms with E-state index in [0.717, 1.165) is 44.6 Å². The summed E-state index contributed by atoms with van der Waals surface area (Å²) in [5, 5.41) is 6.08. The Bertz CT molecular complexity index is 2170. The molecule has 0 spiro atoms. The molecule has 0 atom stereocenters. The van der Waals surface area contributed by atoms with Crippen LogP contribution in [0.2, 0.25) is 0 Å². The van der Waals surface area contributed by atoms with Crippen molar-refractivity contribution in [3.63, 3.8) is 0 Å². The van der Waals surface area contributed by atoms with E-state index < -0.39 is 0 Å². The van der Waals surface area contributed by atoms with Gasteiger partial charge in [0.15, 0.2) is 0 Å². The molecule has 5 aromatic carbocycles. The van der Waals surface area contributed by atoms with Gasteiger partial charge in [0.1, 0.15) is 0 Å². The highest BCUT2D eigenvalue weighted by molar-refractivity contribution is 6.24. The van der Waals surface area contributed by atoms with Gasteiger partial charge in [-0.25, -0.2) is 4.98 Å². The van der Waals surface area contributed by atoms with Gasteiger partial charge in [0.05, 0.1) is 27.9 Å². The number of hydrogen-bond acceptors (Lipinski definition) is 2. The molecule has 3 aromatic heterocycles. The van der Waals surface area contributed by atoms with Gasteiger partial charge >= 0.3 is 0 Å². The van der Waals surface area contributed by atoms with Crippen LogP contribution in [0, 0.1) is 0 Å². The summed E-state index contributed by atoms with van der Waals surface area (Å²) >= 11 is 0. The van der Waals surface area contributed by atoms with Gasteiger partial charge in [-0.15, -0.1) is 0 Å². The average Bonchev–Trinajstić information content (AvgIpc) is 3.35. The monoisotopic (exact) mass is 497 g/mol. The summed E-state index contributed by atoms with van der Waals surface area (Å²) in [5.41, 5.74) is 8.62. The second kappa shape index (κ2) is 8.64. The fourth-order valence-electron chi connectivity index (χ4n) is 5.87. The van der Waals surface area contributed by atoms with Crippen molar-refractivity contribution in [2.24, 2.45) is 0 Å². The number of para-hydroxylation sites is 2. The fraction of sp³-hybridized carbons (Fsp3) is 0. The smallest absolute Gasteiger partial charge is 0.0716 e. The number of pyridine rings is 2. The Kier molecular flexibility index (Phi) is 4.82. The van der Waals surface area contributed by atoms with Crippen LogP contribution >= 0.6 is 0 Å². The third kappa shape index (κ3) is 3.44. The second-order valence-electron chi connectivity index (χ2n) is 9.87. The third-order valence-corrected chi connectivity index (χ3v) is 7.62. The topological polar surface area (TPSA) is 30.7 Å². The predicted molar refractivity (Wildman–Crippen MR) is 162 cm³/mol. The molecule has 3 nitrogen and oxygen atoms in total. The van der Waals surface area contributed by atoms with E-state index in [2.05, 4.69) is 125 Å². The normalized spacial score (nSPS) is 11.6. The van der Waals surface area contributed by atoms with Gasteiger partial charge in [0.2, 0.25) is 0 Å². The van der Waals surface area contributed by atoms with E-state index in [1.807, 2.05) is 24.4 Å². The summed E-state index contributed by atoms with van der Waals surface area (Å²) in [6, 6.07) is 47.0. The molecule has 0 unspecified atom stereocenters. The molecule has 0 aliphatic heterocycles. The molecule has 0 fully saturated rings. The first-order valence-corrected chi connectivity index (χ1v) is 13.2. The molecular weight excluding hydrogens is 474 g/mol. The summed E-state index contributed by atoms with van der Waals surface area (Å²) in [6.07, 6.45) is 1.84. The number of nitrogens with zero attached hydrogens (tertiary/aromatic N) is 3. The Labute approximate surface area is 225 Å². The maximum Gasteiger partial charge on any atom is 0.0716 e. The summed E-state index contributed by atoms with van der Waals surface area (Å²) < 4.78 is 2.38. The van der Waals surface area contributed by atoms with Crippen molar-refractivity contribution in [2.45, 2.75) is 0 Å². The first kappa shape index (κ1) is 21.8. The lowest BCUT2D eigenvalue weighted by molar-refractivity contribution is 1.18. The first-order valence-electron chi connectivity index (χ1n) is 13.2. The SMILES string of the molecule is c1ccc(-c2cccc(-n3c4ccccc4c4c5ccccc5c(-c5ccc6ccccc6n5)cc43)c2)nc1. The predicted octanol–water partition coefficient (Wildman–Crippen LogP) is 9.21. The minimum Gasteiger partial charge on any atom is -0.309 e. The van der Waals surface area contributed by atoms with Crippen LogP contribution in [0.5, 0.6) is 0 Å². The molecule has 0 amide bonds. The van der Waals surface area contributed by atoms with Gasteiger partial charge in [-0.05, 0) is 59.3 Å². The minimum absolute atomic E-state index is 0.964. The van der Waals surface area contributed by atoms with Gasteiger partial charge in [0, 0.05) is 39.2 Å². The van der Waals surface area contributed by atoms with Gasteiger partial charge in [-0.2, -0.15) is 0 Å². The molecule has 0 radical (unpaired) electrons. The van der Waals surface area contributed by atoms with Crippen molar-refractivity contribution in [3.05, 3.63) is 140 Å². The molecule has 0 saturated carbocycles. The van der Waals surface area contributed by atoms with Crippen LogP contribution in [0.4, 0.5) is 0 Å². The zero-order valence-electron chi connectivity index (χ0n) is 21.1.